The Bertz CT molecular complexity index is 951. The molecule has 1 aromatic heterocycles. The van der Waals surface area contributed by atoms with Crippen molar-refractivity contribution in [3.8, 4) is 17.2 Å². The van der Waals surface area contributed by atoms with E-state index in [0.29, 0.717) is 41.9 Å². The molecule has 0 saturated carbocycles. The number of hydrogen-bond acceptors (Lipinski definition) is 5. The average Bonchev–Trinajstić information content (AvgIpc) is 3.17. The van der Waals surface area contributed by atoms with Crippen LogP contribution in [0.3, 0.4) is 0 Å². The van der Waals surface area contributed by atoms with Crippen molar-refractivity contribution in [3.05, 3.63) is 71.9 Å². The molecule has 0 saturated heterocycles. The Morgan fingerprint density at radius 1 is 1.00 bits per heavy atom. The van der Waals surface area contributed by atoms with Crippen LogP contribution in [0.2, 0.25) is 0 Å². The number of nitrogens with one attached hydrogen (secondary N) is 1. The lowest BCUT2D eigenvalue weighted by molar-refractivity contribution is 0.0992. The standard InChI is InChI=1S/C20H16FNO5/c21-13-1-4-15(5-2-13)26-12-16-6-8-18(27-16)20(23)22-14-3-7-17-19(11-14)25-10-9-24-17/h1-8,11H,9-10,12H2,(H,22,23). The van der Waals surface area contributed by atoms with Crippen molar-refractivity contribution < 1.29 is 27.8 Å². The van der Waals surface area contributed by atoms with Gasteiger partial charge in [0.25, 0.3) is 5.91 Å². The SMILES string of the molecule is O=C(Nc1ccc2c(c1)OCCO2)c1ccc(COc2ccc(F)cc2)o1. The predicted molar refractivity (Wildman–Crippen MR) is 94.8 cm³/mol. The number of hydrogen-bond donors (Lipinski definition) is 1. The van der Waals surface area contributed by atoms with Crippen molar-refractivity contribution >= 4 is 11.6 Å². The number of anilines is 1. The number of furan rings is 1. The molecule has 0 radical (unpaired) electrons. The van der Waals surface area contributed by atoms with E-state index in [1.165, 1.54) is 24.3 Å². The summed E-state index contributed by atoms with van der Waals surface area (Å²) in [6.45, 7) is 1.11. The molecule has 4 rings (SSSR count). The minimum atomic E-state index is -0.389. The Kier molecular flexibility index (Phi) is 4.65. The maximum atomic E-state index is 12.9. The van der Waals surface area contributed by atoms with E-state index in [1.54, 1.807) is 30.3 Å². The Morgan fingerprint density at radius 3 is 2.59 bits per heavy atom. The van der Waals surface area contributed by atoms with Gasteiger partial charge in [0.1, 0.15) is 37.1 Å². The fourth-order valence-corrected chi connectivity index (χ4v) is 2.58. The van der Waals surface area contributed by atoms with Crippen molar-refractivity contribution in [1.29, 1.82) is 0 Å². The van der Waals surface area contributed by atoms with Crippen LogP contribution in [0, 0.1) is 5.82 Å². The van der Waals surface area contributed by atoms with E-state index in [4.69, 9.17) is 18.6 Å². The monoisotopic (exact) mass is 369 g/mol. The average molecular weight is 369 g/mol. The molecule has 3 aromatic rings. The van der Waals surface area contributed by atoms with Gasteiger partial charge in [-0.25, -0.2) is 4.39 Å². The molecule has 138 valence electrons. The zero-order valence-corrected chi connectivity index (χ0v) is 14.2. The number of benzene rings is 2. The maximum Gasteiger partial charge on any atom is 0.291 e. The van der Waals surface area contributed by atoms with Crippen LogP contribution in [0.1, 0.15) is 16.3 Å². The van der Waals surface area contributed by atoms with Gasteiger partial charge in [-0.1, -0.05) is 0 Å². The van der Waals surface area contributed by atoms with E-state index < -0.39 is 0 Å². The first-order valence-corrected chi connectivity index (χ1v) is 8.35. The summed E-state index contributed by atoms with van der Waals surface area (Å²) in [7, 11) is 0. The van der Waals surface area contributed by atoms with Gasteiger partial charge >= 0.3 is 0 Å². The van der Waals surface area contributed by atoms with Crippen LogP contribution in [0.5, 0.6) is 17.2 Å². The van der Waals surface area contributed by atoms with Crippen molar-refractivity contribution in [3.63, 3.8) is 0 Å². The number of amides is 1. The van der Waals surface area contributed by atoms with Gasteiger partial charge < -0.3 is 23.9 Å². The number of halogens is 1. The van der Waals surface area contributed by atoms with Gasteiger partial charge in [0, 0.05) is 11.8 Å². The topological polar surface area (TPSA) is 69.9 Å². The fourth-order valence-electron chi connectivity index (χ4n) is 2.58. The molecule has 7 heteroatoms. The second kappa shape index (κ2) is 7.41. The molecule has 2 aromatic carbocycles. The van der Waals surface area contributed by atoms with Gasteiger partial charge in [0.15, 0.2) is 17.3 Å². The summed E-state index contributed by atoms with van der Waals surface area (Å²) in [5, 5.41) is 2.75. The summed E-state index contributed by atoms with van der Waals surface area (Å²) >= 11 is 0. The van der Waals surface area contributed by atoms with Crippen LogP contribution < -0.4 is 19.5 Å². The van der Waals surface area contributed by atoms with E-state index >= 15 is 0 Å². The van der Waals surface area contributed by atoms with Gasteiger partial charge in [0.2, 0.25) is 0 Å². The molecule has 2 heterocycles. The minimum absolute atomic E-state index is 0.128. The largest absolute Gasteiger partial charge is 0.486 e. The highest BCUT2D eigenvalue weighted by atomic mass is 19.1. The normalized spacial score (nSPS) is 12.5. The highest BCUT2D eigenvalue weighted by Crippen LogP contribution is 2.32. The first-order valence-electron chi connectivity index (χ1n) is 8.35. The Hall–Kier alpha value is -3.48. The second-order valence-corrected chi connectivity index (χ2v) is 5.82. The van der Waals surface area contributed by atoms with E-state index in [2.05, 4.69) is 5.32 Å². The van der Waals surface area contributed by atoms with Gasteiger partial charge in [-0.3, -0.25) is 4.79 Å². The lowest BCUT2D eigenvalue weighted by Gasteiger charge is -2.18. The molecule has 0 unspecified atom stereocenters. The lowest BCUT2D eigenvalue weighted by Crippen LogP contribution is -2.16. The van der Waals surface area contributed by atoms with Gasteiger partial charge in [0.05, 0.1) is 0 Å². The van der Waals surface area contributed by atoms with Crippen LogP contribution in [0.4, 0.5) is 10.1 Å². The van der Waals surface area contributed by atoms with Gasteiger partial charge in [-0.05, 0) is 48.5 Å². The van der Waals surface area contributed by atoms with Crippen LogP contribution in [-0.4, -0.2) is 19.1 Å². The third-order valence-electron chi connectivity index (χ3n) is 3.88. The van der Waals surface area contributed by atoms with Crippen LogP contribution >= 0.6 is 0 Å². The summed E-state index contributed by atoms with van der Waals surface area (Å²) in [5.41, 5.74) is 0.574. The molecule has 27 heavy (non-hydrogen) atoms. The molecule has 0 bridgehead atoms. The van der Waals surface area contributed by atoms with E-state index in [1.807, 2.05) is 0 Å². The molecule has 0 atom stereocenters. The summed E-state index contributed by atoms with van der Waals surface area (Å²) in [6, 6.07) is 14.1. The molecule has 0 fully saturated rings. The summed E-state index contributed by atoms with van der Waals surface area (Å²) in [5.74, 6) is 1.66. The van der Waals surface area contributed by atoms with Crippen molar-refractivity contribution in [2.24, 2.45) is 0 Å². The Balaban J connectivity index is 1.37. The molecule has 1 aliphatic rings. The summed E-state index contributed by atoms with van der Waals surface area (Å²) in [4.78, 5) is 12.3. The maximum absolute atomic E-state index is 12.9. The van der Waals surface area contributed by atoms with E-state index in [-0.39, 0.29) is 24.1 Å². The van der Waals surface area contributed by atoms with Crippen molar-refractivity contribution in [1.82, 2.24) is 0 Å². The highest BCUT2D eigenvalue weighted by Gasteiger charge is 2.15. The molecule has 0 aliphatic carbocycles. The highest BCUT2D eigenvalue weighted by molar-refractivity contribution is 6.02. The molecule has 1 N–H and O–H groups in total. The van der Waals surface area contributed by atoms with Crippen LogP contribution in [0.25, 0.3) is 0 Å². The summed E-state index contributed by atoms with van der Waals surface area (Å²) < 4.78 is 34.8. The van der Waals surface area contributed by atoms with Crippen LogP contribution in [0.15, 0.2) is 59.0 Å². The number of rotatable bonds is 5. The third kappa shape index (κ3) is 4.03. The number of carbonyl (C=O) groups is 1. The molecule has 1 amide bonds. The van der Waals surface area contributed by atoms with E-state index in [0.717, 1.165) is 0 Å². The zero-order chi connectivity index (χ0) is 18.6. The quantitative estimate of drug-likeness (QED) is 0.736. The molecular formula is C20H16FNO5. The minimum Gasteiger partial charge on any atom is -0.486 e. The zero-order valence-electron chi connectivity index (χ0n) is 14.2. The number of ether oxygens (including phenoxy) is 3. The molecule has 0 spiro atoms. The molecular weight excluding hydrogens is 353 g/mol. The van der Waals surface area contributed by atoms with E-state index in [9.17, 15) is 9.18 Å². The van der Waals surface area contributed by atoms with Gasteiger partial charge in [-0.15, -0.1) is 0 Å². The molecule has 6 nitrogen and oxygen atoms in total. The fraction of sp³-hybridized carbons (Fsp3) is 0.150. The van der Waals surface area contributed by atoms with Gasteiger partial charge in [-0.2, -0.15) is 0 Å². The predicted octanol–water partition coefficient (Wildman–Crippen LogP) is 4.02. The Morgan fingerprint density at radius 2 is 1.78 bits per heavy atom. The first kappa shape index (κ1) is 17.0. The third-order valence-corrected chi connectivity index (χ3v) is 3.88. The second-order valence-electron chi connectivity index (χ2n) is 5.82. The summed E-state index contributed by atoms with van der Waals surface area (Å²) in [6.07, 6.45) is 0. The molecule has 1 aliphatic heterocycles. The number of fused-ring (bicyclic) bond motifs is 1. The van der Waals surface area contributed by atoms with Crippen LogP contribution in [-0.2, 0) is 6.61 Å². The lowest BCUT2D eigenvalue weighted by atomic mass is 10.2. The Labute approximate surface area is 154 Å². The van der Waals surface area contributed by atoms with Crippen molar-refractivity contribution in [2.75, 3.05) is 18.5 Å². The van der Waals surface area contributed by atoms with Crippen molar-refractivity contribution in [2.45, 2.75) is 6.61 Å². The first-order chi connectivity index (χ1) is 13.2. The number of carbonyl (C=O) groups excluding carboxylic acids is 1. The smallest absolute Gasteiger partial charge is 0.291 e.